The topological polar surface area (TPSA) is 63.8 Å². The van der Waals surface area contributed by atoms with Crippen molar-refractivity contribution in [2.75, 3.05) is 6.54 Å². The summed E-state index contributed by atoms with van der Waals surface area (Å²) in [6.07, 6.45) is 7.45. The molecule has 1 aliphatic heterocycles. The number of pyridine rings is 1. The van der Waals surface area contributed by atoms with Crippen molar-refractivity contribution in [3.05, 3.63) is 28.7 Å². The van der Waals surface area contributed by atoms with Crippen LogP contribution in [0.4, 0.5) is 0 Å². The monoisotopic (exact) mass is 336 g/mol. The lowest BCUT2D eigenvalue weighted by Crippen LogP contribution is -2.34. The summed E-state index contributed by atoms with van der Waals surface area (Å²) in [6.45, 7) is 1.13. The Bertz CT molecular complexity index is 549. The molecule has 20 heavy (non-hydrogen) atoms. The van der Waals surface area contributed by atoms with E-state index in [1.54, 1.807) is 6.20 Å². The van der Waals surface area contributed by atoms with Gasteiger partial charge in [-0.1, -0.05) is 11.6 Å². The zero-order chi connectivity index (χ0) is 13.8. The second kappa shape index (κ2) is 6.45. The molecular formula is C14H17BrN4O. The van der Waals surface area contributed by atoms with E-state index in [1.807, 2.05) is 12.1 Å². The van der Waals surface area contributed by atoms with Crippen molar-refractivity contribution < 1.29 is 4.52 Å². The summed E-state index contributed by atoms with van der Waals surface area (Å²) in [5.74, 6) is 1.25. The Kier molecular flexibility index (Phi) is 4.42. The van der Waals surface area contributed by atoms with E-state index in [2.05, 4.69) is 36.4 Å². The van der Waals surface area contributed by atoms with E-state index in [1.165, 1.54) is 19.3 Å². The Balaban J connectivity index is 1.60. The summed E-state index contributed by atoms with van der Waals surface area (Å²) in [5.41, 5.74) is 0.735. The van der Waals surface area contributed by atoms with Crippen molar-refractivity contribution in [2.24, 2.45) is 0 Å². The number of hydrogen-bond donors (Lipinski definition) is 1. The molecule has 1 saturated heterocycles. The molecule has 3 heterocycles. The van der Waals surface area contributed by atoms with Crippen LogP contribution >= 0.6 is 15.9 Å². The number of aromatic nitrogens is 3. The van der Waals surface area contributed by atoms with E-state index < -0.39 is 0 Å². The van der Waals surface area contributed by atoms with Crippen LogP contribution in [-0.2, 0) is 6.42 Å². The first-order valence-corrected chi connectivity index (χ1v) is 7.78. The summed E-state index contributed by atoms with van der Waals surface area (Å²) in [6, 6.07) is 4.39. The van der Waals surface area contributed by atoms with Gasteiger partial charge in [-0.25, -0.2) is 0 Å². The fourth-order valence-electron chi connectivity index (χ4n) is 2.44. The van der Waals surface area contributed by atoms with Gasteiger partial charge in [-0.15, -0.1) is 0 Å². The van der Waals surface area contributed by atoms with Gasteiger partial charge in [0, 0.05) is 23.1 Å². The Morgan fingerprint density at radius 2 is 2.30 bits per heavy atom. The maximum Gasteiger partial charge on any atom is 0.227 e. The van der Waals surface area contributed by atoms with Crippen LogP contribution < -0.4 is 5.32 Å². The van der Waals surface area contributed by atoms with Crippen LogP contribution in [0, 0.1) is 0 Å². The molecule has 0 bridgehead atoms. The van der Waals surface area contributed by atoms with Crippen LogP contribution in [0.5, 0.6) is 0 Å². The molecule has 106 valence electrons. The van der Waals surface area contributed by atoms with E-state index in [9.17, 15) is 0 Å². The Morgan fingerprint density at radius 1 is 1.35 bits per heavy atom. The van der Waals surface area contributed by atoms with Crippen molar-refractivity contribution in [1.29, 1.82) is 0 Å². The number of piperidine rings is 1. The van der Waals surface area contributed by atoms with Crippen LogP contribution in [0.1, 0.15) is 31.6 Å². The van der Waals surface area contributed by atoms with E-state index in [4.69, 9.17) is 4.52 Å². The molecule has 2 aromatic rings. The average molecular weight is 337 g/mol. The van der Waals surface area contributed by atoms with E-state index in [0.29, 0.717) is 17.8 Å². The first-order chi connectivity index (χ1) is 9.81. The molecule has 1 atom stereocenters. The smallest absolute Gasteiger partial charge is 0.227 e. The normalized spacial score (nSPS) is 19.1. The summed E-state index contributed by atoms with van der Waals surface area (Å²) in [7, 11) is 0. The van der Waals surface area contributed by atoms with Gasteiger partial charge in [0.2, 0.25) is 11.7 Å². The minimum Gasteiger partial charge on any atom is -0.339 e. The van der Waals surface area contributed by atoms with E-state index in [-0.39, 0.29) is 0 Å². The largest absolute Gasteiger partial charge is 0.339 e. The maximum atomic E-state index is 5.30. The predicted molar refractivity (Wildman–Crippen MR) is 79.2 cm³/mol. The van der Waals surface area contributed by atoms with Gasteiger partial charge in [-0.05, 0) is 53.9 Å². The van der Waals surface area contributed by atoms with Crippen molar-refractivity contribution in [3.63, 3.8) is 0 Å². The summed E-state index contributed by atoms with van der Waals surface area (Å²) in [5, 5.41) is 7.52. The van der Waals surface area contributed by atoms with Gasteiger partial charge < -0.3 is 9.84 Å². The molecule has 3 rings (SSSR count). The molecule has 1 unspecified atom stereocenters. The average Bonchev–Trinajstić information content (AvgIpc) is 2.96. The SMILES string of the molecule is Brc1ccc(-c2noc(CCC3CCCCN3)n2)nc1. The summed E-state index contributed by atoms with van der Waals surface area (Å²) >= 11 is 3.36. The molecule has 1 N–H and O–H groups in total. The number of nitrogens with zero attached hydrogens (tertiary/aromatic N) is 3. The van der Waals surface area contributed by atoms with Crippen LogP contribution in [0.2, 0.25) is 0 Å². The highest BCUT2D eigenvalue weighted by atomic mass is 79.9. The molecule has 0 radical (unpaired) electrons. The first kappa shape index (κ1) is 13.7. The zero-order valence-electron chi connectivity index (χ0n) is 11.2. The standard InChI is InChI=1S/C14H17BrN4O/c15-10-4-6-12(17-9-10)14-18-13(20-19-14)7-5-11-3-1-2-8-16-11/h4,6,9,11,16H,1-3,5,7-8H2. The lowest BCUT2D eigenvalue weighted by atomic mass is 10.0. The van der Waals surface area contributed by atoms with Crippen molar-refractivity contribution >= 4 is 15.9 Å². The van der Waals surface area contributed by atoms with Crippen LogP contribution in [0.15, 0.2) is 27.3 Å². The second-order valence-electron chi connectivity index (χ2n) is 5.06. The summed E-state index contributed by atoms with van der Waals surface area (Å²) in [4.78, 5) is 8.68. The Hall–Kier alpha value is -1.27. The number of nitrogens with one attached hydrogen (secondary N) is 1. The van der Waals surface area contributed by atoms with Crippen LogP contribution in [0.25, 0.3) is 11.5 Å². The minimum absolute atomic E-state index is 0.559. The minimum atomic E-state index is 0.559. The van der Waals surface area contributed by atoms with Crippen LogP contribution in [-0.4, -0.2) is 27.7 Å². The Morgan fingerprint density at radius 3 is 3.05 bits per heavy atom. The number of aryl methyl sites for hydroxylation is 1. The lowest BCUT2D eigenvalue weighted by Gasteiger charge is -2.22. The quantitative estimate of drug-likeness (QED) is 0.929. The number of rotatable bonds is 4. The third kappa shape index (κ3) is 3.43. The predicted octanol–water partition coefficient (Wildman–Crippen LogP) is 2.97. The molecule has 0 aliphatic carbocycles. The molecule has 0 aromatic carbocycles. The molecule has 0 saturated carbocycles. The van der Waals surface area contributed by atoms with Crippen molar-refractivity contribution in [2.45, 2.75) is 38.1 Å². The summed E-state index contributed by atoms with van der Waals surface area (Å²) < 4.78 is 6.24. The van der Waals surface area contributed by atoms with Gasteiger partial charge in [-0.2, -0.15) is 4.98 Å². The first-order valence-electron chi connectivity index (χ1n) is 6.99. The third-order valence-electron chi connectivity index (χ3n) is 3.54. The van der Waals surface area contributed by atoms with Gasteiger partial charge in [-0.3, -0.25) is 4.98 Å². The fourth-order valence-corrected chi connectivity index (χ4v) is 2.67. The van der Waals surface area contributed by atoms with E-state index >= 15 is 0 Å². The molecule has 0 spiro atoms. The fraction of sp³-hybridized carbons (Fsp3) is 0.500. The van der Waals surface area contributed by atoms with Crippen LogP contribution in [0.3, 0.4) is 0 Å². The van der Waals surface area contributed by atoms with Crippen molar-refractivity contribution in [3.8, 4) is 11.5 Å². The molecule has 1 aliphatic rings. The zero-order valence-corrected chi connectivity index (χ0v) is 12.8. The maximum absolute atomic E-state index is 5.30. The number of halogens is 1. The molecule has 2 aromatic heterocycles. The molecule has 5 nitrogen and oxygen atoms in total. The molecule has 1 fully saturated rings. The second-order valence-corrected chi connectivity index (χ2v) is 5.97. The highest BCUT2D eigenvalue weighted by Crippen LogP contribution is 2.17. The molecule has 6 heteroatoms. The highest BCUT2D eigenvalue weighted by molar-refractivity contribution is 9.10. The van der Waals surface area contributed by atoms with Gasteiger partial charge in [0.1, 0.15) is 5.69 Å². The highest BCUT2D eigenvalue weighted by Gasteiger charge is 2.15. The third-order valence-corrected chi connectivity index (χ3v) is 4.01. The Labute approximate surface area is 126 Å². The van der Waals surface area contributed by atoms with E-state index in [0.717, 1.165) is 29.6 Å². The number of hydrogen-bond acceptors (Lipinski definition) is 5. The van der Waals surface area contributed by atoms with Gasteiger partial charge in [0.25, 0.3) is 0 Å². The van der Waals surface area contributed by atoms with Crippen molar-refractivity contribution in [1.82, 2.24) is 20.4 Å². The lowest BCUT2D eigenvalue weighted by molar-refractivity contribution is 0.342. The van der Waals surface area contributed by atoms with Gasteiger partial charge in [0.15, 0.2) is 0 Å². The van der Waals surface area contributed by atoms with Gasteiger partial charge in [0.05, 0.1) is 0 Å². The van der Waals surface area contributed by atoms with Gasteiger partial charge >= 0.3 is 0 Å². The molecular weight excluding hydrogens is 320 g/mol. The molecule has 0 amide bonds.